The van der Waals surface area contributed by atoms with Crippen LogP contribution in [0.3, 0.4) is 0 Å². The molecule has 1 aliphatic heterocycles. The van der Waals surface area contributed by atoms with Crippen LogP contribution in [0.15, 0.2) is 56.7 Å². The molecule has 0 unspecified atom stereocenters. The Hall–Kier alpha value is -1.71. The van der Waals surface area contributed by atoms with Crippen LogP contribution >= 0.6 is 11.8 Å². The number of aryl methyl sites for hydroxylation is 1. The molecule has 0 saturated heterocycles. The van der Waals surface area contributed by atoms with Gasteiger partial charge in [-0.25, -0.2) is 0 Å². The molecule has 1 N–H and O–H groups in total. The highest BCUT2D eigenvalue weighted by Crippen LogP contribution is 2.36. The Morgan fingerprint density at radius 3 is 2.81 bits per heavy atom. The van der Waals surface area contributed by atoms with E-state index in [9.17, 15) is 0 Å². The smallest absolute Gasteiger partial charge is 0.137 e. The number of nitrogens with one attached hydrogen (secondary N) is 1. The summed E-state index contributed by atoms with van der Waals surface area (Å²) in [7, 11) is 0. The number of hydrogen-bond donors (Lipinski definition) is 1. The lowest BCUT2D eigenvalue weighted by atomic mass is 10.0. The molecule has 0 spiro atoms. The van der Waals surface area contributed by atoms with Gasteiger partial charge < -0.3 is 9.73 Å². The molecule has 4 rings (SSSR count). The Morgan fingerprint density at radius 2 is 1.95 bits per heavy atom. The van der Waals surface area contributed by atoms with Crippen LogP contribution in [-0.4, -0.2) is 6.54 Å². The van der Waals surface area contributed by atoms with Crippen LogP contribution in [0.2, 0.25) is 0 Å². The monoisotopic (exact) mass is 295 g/mol. The molecule has 0 radical (unpaired) electrons. The van der Waals surface area contributed by atoms with Gasteiger partial charge in [0.05, 0.1) is 0 Å². The molecule has 2 aromatic carbocycles. The zero-order chi connectivity index (χ0) is 14.2. The first-order valence-electron chi connectivity index (χ1n) is 7.30. The van der Waals surface area contributed by atoms with Crippen molar-refractivity contribution >= 4 is 22.7 Å². The van der Waals surface area contributed by atoms with Crippen molar-refractivity contribution in [2.45, 2.75) is 29.7 Å². The molecule has 0 fully saturated rings. The maximum atomic E-state index is 6.08. The average molecular weight is 295 g/mol. The quantitative estimate of drug-likeness (QED) is 0.751. The van der Waals surface area contributed by atoms with Crippen molar-refractivity contribution in [3.63, 3.8) is 0 Å². The minimum atomic E-state index is 0.918. The van der Waals surface area contributed by atoms with Crippen LogP contribution in [0, 0.1) is 6.92 Å². The van der Waals surface area contributed by atoms with Crippen molar-refractivity contribution in [2.75, 3.05) is 6.54 Å². The number of benzene rings is 2. The fourth-order valence-electron chi connectivity index (χ4n) is 2.93. The molecule has 0 saturated carbocycles. The van der Waals surface area contributed by atoms with Gasteiger partial charge in [-0.05, 0) is 36.8 Å². The average Bonchev–Trinajstić information content (AvgIpc) is 2.88. The Bertz CT molecular complexity index is 792. The molecule has 3 heteroatoms. The summed E-state index contributed by atoms with van der Waals surface area (Å²) in [5.41, 5.74) is 3.62. The number of rotatable bonds is 2. The summed E-state index contributed by atoms with van der Waals surface area (Å²) in [6, 6.07) is 15.0. The molecule has 0 bridgehead atoms. The lowest BCUT2D eigenvalue weighted by Gasteiger charge is -2.11. The molecule has 2 nitrogen and oxygen atoms in total. The summed E-state index contributed by atoms with van der Waals surface area (Å²) in [6.45, 7) is 4.07. The summed E-state index contributed by atoms with van der Waals surface area (Å²) < 4.78 is 6.08. The van der Waals surface area contributed by atoms with Crippen LogP contribution < -0.4 is 5.32 Å². The Morgan fingerprint density at radius 1 is 1.10 bits per heavy atom. The minimum Gasteiger partial charge on any atom is -0.460 e. The molecule has 106 valence electrons. The van der Waals surface area contributed by atoms with Gasteiger partial charge in [0.15, 0.2) is 0 Å². The molecule has 0 atom stereocenters. The van der Waals surface area contributed by atoms with E-state index in [2.05, 4.69) is 54.7 Å². The van der Waals surface area contributed by atoms with Gasteiger partial charge in [-0.2, -0.15) is 0 Å². The van der Waals surface area contributed by atoms with Crippen molar-refractivity contribution in [1.29, 1.82) is 0 Å². The van der Waals surface area contributed by atoms with Gasteiger partial charge in [-0.1, -0.05) is 30.0 Å². The molecule has 2 heterocycles. The maximum Gasteiger partial charge on any atom is 0.137 e. The Balaban J connectivity index is 1.80. The summed E-state index contributed by atoms with van der Waals surface area (Å²) >= 11 is 1.81. The fourth-order valence-corrected chi connectivity index (χ4v) is 3.91. The molecule has 0 aliphatic carbocycles. The van der Waals surface area contributed by atoms with Gasteiger partial charge in [-0.15, -0.1) is 0 Å². The SMILES string of the molecule is Cc1cc(Sc2ccccc2)cc2c3c(oc12)CCNC3. The summed E-state index contributed by atoms with van der Waals surface area (Å²) in [5, 5.41) is 4.71. The molecule has 1 aliphatic rings. The summed E-state index contributed by atoms with van der Waals surface area (Å²) in [4.78, 5) is 2.55. The number of hydrogen-bond acceptors (Lipinski definition) is 3. The van der Waals surface area contributed by atoms with Crippen LogP contribution in [0.1, 0.15) is 16.9 Å². The first-order valence-corrected chi connectivity index (χ1v) is 8.11. The maximum absolute atomic E-state index is 6.08. The van der Waals surface area contributed by atoms with Crippen molar-refractivity contribution in [3.8, 4) is 0 Å². The normalized spacial score (nSPS) is 14.3. The second kappa shape index (κ2) is 5.24. The van der Waals surface area contributed by atoms with Crippen LogP contribution in [-0.2, 0) is 13.0 Å². The topological polar surface area (TPSA) is 25.2 Å². The van der Waals surface area contributed by atoms with E-state index in [0.29, 0.717) is 0 Å². The van der Waals surface area contributed by atoms with Crippen LogP contribution in [0.25, 0.3) is 11.0 Å². The van der Waals surface area contributed by atoms with Crippen molar-refractivity contribution in [2.24, 2.45) is 0 Å². The lowest BCUT2D eigenvalue weighted by Crippen LogP contribution is -2.22. The largest absolute Gasteiger partial charge is 0.460 e. The highest BCUT2D eigenvalue weighted by atomic mass is 32.2. The van der Waals surface area contributed by atoms with Crippen molar-refractivity contribution in [1.82, 2.24) is 5.32 Å². The zero-order valence-electron chi connectivity index (χ0n) is 12.0. The van der Waals surface area contributed by atoms with E-state index in [1.165, 1.54) is 26.3 Å². The third-order valence-corrected chi connectivity index (χ3v) is 4.92. The number of fused-ring (bicyclic) bond motifs is 3. The molecule has 21 heavy (non-hydrogen) atoms. The zero-order valence-corrected chi connectivity index (χ0v) is 12.8. The van der Waals surface area contributed by atoms with Crippen LogP contribution in [0.5, 0.6) is 0 Å². The molecule has 0 amide bonds. The Labute approximate surface area is 128 Å². The fraction of sp³-hybridized carbons (Fsp3) is 0.222. The first kappa shape index (κ1) is 13.0. The van der Waals surface area contributed by atoms with Gasteiger partial charge in [0.25, 0.3) is 0 Å². The van der Waals surface area contributed by atoms with E-state index < -0.39 is 0 Å². The third-order valence-electron chi connectivity index (χ3n) is 3.94. The highest BCUT2D eigenvalue weighted by Gasteiger charge is 2.19. The van der Waals surface area contributed by atoms with Crippen LogP contribution in [0.4, 0.5) is 0 Å². The predicted octanol–water partition coefficient (Wildman–Crippen LogP) is 4.54. The first-order chi connectivity index (χ1) is 10.3. The van der Waals surface area contributed by atoms with Gasteiger partial charge in [0.1, 0.15) is 11.3 Å². The van der Waals surface area contributed by atoms with Gasteiger partial charge in [0.2, 0.25) is 0 Å². The second-order valence-electron chi connectivity index (χ2n) is 5.46. The van der Waals surface area contributed by atoms with Crippen molar-refractivity contribution in [3.05, 3.63) is 59.4 Å². The second-order valence-corrected chi connectivity index (χ2v) is 6.61. The third kappa shape index (κ3) is 2.37. The van der Waals surface area contributed by atoms with Gasteiger partial charge in [0, 0.05) is 40.3 Å². The van der Waals surface area contributed by atoms with E-state index in [-0.39, 0.29) is 0 Å². The molecule has 3 aromatic rings. The van der Waals surface area contributed by atoms with E-state index in [1.807, 2.05) is 11.8 Å². The van der Waals surface area contributed by atoms with E-state index in [0.717, 1.165) is 30.9 Å². The molecular weight excluding hydrogens is 278 g/mol. The number of furan rings is 1. The van der Waals surface area contributed by atoms with Gasteiger partial charge >= 0.3 is 0 Å². The standard InChI is InChI=1S/C18H17NOS/c1-12-9-14(21-13-5-3-2-4-6-13)10-15-16-11-19-8-7-17(16)20-18(12)15/h2-6,9-10,19H,7-8,11H2,1H3. The molecular formula is C18H17NOS. The van der Waals surface area contributed by atoms with E-state index in [1.54, 1.807) is 0 Å². The predicted molar refractivity (Wildman–Crippen MR) is 86.9 cm³/mol. The van der Waals surface area contributed by atoms with Crippen molar-refractivity contribution < 1.29 is 4.42 Å². The summed E-state index contributed by atoms with van der Waals surface area (Å²) in [6.07, 6.45) is 0.991. The highest BCUT2D eigenvalue weighted by molar-refractivity contribution is 7.99. The Kier molecular flexibility index (Phi) is 3.24. The van der Waals surface area contributed by atoms with E-state index >= 15 is 0 Å². The lowest BCUT2D eigenvalue weighted by molar-refractivity contribution is 0.499. The molecule has 1 aromatic heterocycles. The van der Waals surface area contributed by atoms with Gasteiger partial charge in [-0.3, -0.25) is 0 Å². The minimum absolute atomic E-state index is 0.918. The summed E-state index contributed by atoms with van der Waals surface area (Å²) in [5.74, 6) is 1.16. The van der Waals surface area contributed by atoms with E-state index in [4.69, 9.17) is 4.42 Å².